The van der Waals surface area contributed by atoms with Crippen molar-refractivity contribution in [3.8, 4) is 0 Å². The average Bonchev–Trinajstić information content (AvgIpc) is 2.45. The summed E-state index contributed by atoms with van der Waals surface area (Å²) >= 11 is 0. The molecule has 82 valence electrons. The summed E-state index contributed by atoms with van der Waals surface area (Å²) in [6.45, 7) is 0.935. The number of rotatable bonds is 2. The molecule has 0 fully saturated rings. The molecule has 1 aromatic heterocycles. The average molecular weight is 221 g/mol. The highest BCUT2D eigenvalue weighted by Crippen LogP contribution is 2.34. The van der Waals surface area contributed by atoms with Gasteiger partial charge < -0.3 is 10.2 Å². The van der Waals surface area contributed by atoms with Crippen molar-refractivity contribution in [2.45, 2.75) is 13.1 Å². The predicted octanol–water partition coefficient (Wildman–Crippen LogP) is 1.60. The predicted molar refractivity (Wildman–Crippen MR) is 42.2 cm³/mol. The van der Waals surface area contributed by atoms with Crippen LogP contribution >= 0.6 is 0 Å². The number of alkyl halides is 3. The Morgan fingerprint density at radius 3 is 2.20 bits per heavy atom. The minimum Gasteiger partial charge on any atom is -0.446 e. The van der Waals surface area contributed by atoms with Crippen LogP contribution < -0.4 is 5.73 Å². The monoisotopic (exact) mass is 221 g/mol. The van der Waals surface area contributed by atoms with Crippen molar-refractivity contribution in [1.82, 2.24) is 0 Å². The Labute approximate surface area is 81.8 Å². The first-order chi connectivity index (χ1) is 6.73. The van der Waals surface area contributed by atoms with Crippen molar-refractivity contribution >= 4 is 11.7 Å². The van der Waals surface area contributed by atoms with E-state index in [-0.39, 0.29) is 0 Å². The molecule has 1 amide bonds. The summed E-state index contributed by atoms with van der Waals surface area (Å²) in [5.74, 6) is -4.19. The highest BCUT2D eigenvalue weighted by Gasteiger charge is 2.40. The molecule has 1 heterocycles. The molecule has 4 nitrogen and oxygen atoms in total. The maximum Gasteiger partial charge on any atom is 0.450 e. The summed E-state index contributed by atoms with van der Waals surface area (Å²) in [4.78, 5) is 21.4. The third-order valence-electron chi connectivity index (χ3n) is 1.61. The fraction of sp³-hybridized carbons (Fsp3) is 0.250. The molecule has 0 aromatic carbocycles. The Hall–Kier alpha value is -1.79. The van der Waals surface area contributed by atoms with Crippen LogP contribution in [0.1, 0.15) is 33.6 Å². The van der Waals surface area contributed by atoms with Crippen LogP contribution in [0.3, 0.4) is 0 Å². The Kier molecular flexibility index (Phi) is 2.57. The standard InChI is InChI=1S/C8H6F3NO3/c1-3(13)4-2-5(7(12)14)15-6(4)8(9,10)11/h2H,1H3,(H2,12,14). The summed E-state index contributed by atoms with van der Waals surface area (Å²) in [6.07, 6.45) is -4.82. The number of nitrogens with two attached hydrogens (primary N) is 1. The molecule has 0 spiro atoms. The van der Waals surface area contributed by atoms with Crippen molar-refractivity contribution in [3.63, 3.8) is 0 Å². The van der Waals surface area contributed by atoms with E-state index in [0.717, 1.165) is 6.92 Å². The lowest BCUT2D eigenvalue weighted by Gasteiger charge is -2.03. The number of carbonyl (C=O) groups is 2. The largest absolute Gasteiger partial charge is 0.450 e. The van der Waals surface area contributed by atoms with Crippen LogP contribution in [0.2, 0.25) is 0 Å². The number of amides is 1. The summed E-state index contributed by atoms with van der Waals surface area (Å²) in [5, 5.41) is 0. The molecular formula is C8H6F3NO3. The van der Waals surface area contributed by atoms with Gasteiger partial charge in [0.25, 0.3) is 5.91 Å². The zero-order valence-electron chi connectivity index (χ0n) is 7.51. The summed E-state index contributed by atoms with van der Waals surface area (Å²) in [6, 6.07) is 0.688. The van der Waals surface area contributed by atoms with E-state index < -0.39 is 35.0 Å². The van der Waals surface area contributed by atoms with Gasteiger partial charge >= 0.3 is 6.18 Å². The van der Waals surface area contributed by atoms with Gasteiger partial charge in [-0.15, -0.1) is 0 Å². The SMILES string of the molecule is CC(=O)c1cc(C(N)=O)oc1C(F)(F)F. The Morgan fingerprint density at radius 2 is 1.93 bits per heavy atom. The number of primary amides is 1. The van der Waals surface area contributed by atoms with Gasteiger partial charge in [-0.3, -0.25) is 9.59 Å². The molecule has 0 aliphatic carbocycles. The van der Waals surface area contributed by atoms with Gasteiger partial charge in [0.1, 0.15) is 0 Å². The van der Waals surface area contributed by atoms with E-state index in [4.69, 9.17) is 5.73 Å². The van der Waals surface area contributed by atoms with E-state index in [1.165, 1.54) is 0 Å². The molecule has 0 bridgehead atoms. The fourth-order valence-corrected chi connectivity index (χ4v) is 0.985. The van der Waals surface area contributed by atoms with Crippen LogP contribution in [0.25, 0.3) is 0 Å². The van der Waals surface area contributed by atoms with Gasteiger partial charge in [0, 0.05) is 6.07 Å². The van der Waals surface area contributed by atoms with Gasteiger partial charge in [0.05, 0.1) is 5.56 Å². The van der Waals surface area contributed by atoms with Gasteiger partial charge in [-0.1, -0.05) is 0 Å². The van der Waals surface area contributed by atoms with Crippen molar-refractivity contribution in [1.29, 1.82) is 0 Å². The van der Waals surface area contributed by atoms with Crippen molar-refractivity contribution in [2.24, 2.45) is 5.73 Å². The number of furan rings is 1. The van der Waals surface area contributed by atoms with Crippen LogP contribution in [0.4, 0.5) is 13.2 Å². The maximum atomic E-state index is 12.3. The van der Waals surface area contributed by atoms with Crippen molar-refractivity contribution < 1.29 is 27.2 Å². The molecule has 1 rings (SSSR count). The van der Waals surface area contributed by atoms with Crippen LogP contribution in [-0.2, 0) is 6.18 Å². The summed E-state index contributed by atoms with van der Waals surface area (Å²) in [5.41, 5.74) is 4.03. The molecule has 7 heteroatoms. The highest BCUT2D eigenvalue weighted by atomic mass is 19.4. The van der Waals surface area contributed by atoms with Gasteiger partial charge in [-0.05, 0) is 6.92 Å². The number of hydrogen-bond acceptors (Lipinski definition) is 3. The lowest BCUT2D eigenvalue weighted by molar-refractivity contribution is -0.153. The van der Waals surface area contributed by atoms with E-state index in [9.17, 15) is 22.8 Å². The molecule has 0 radical (unpaired) electrons. The third-order valence-corrected chi connectivity index (χ3v) is 1.61. The van der Waals surface area contributed by atoms with Crippen molar-refractivity contribution in [3.05, 3.63) is 23.2 Å². The smallest absolute Gasteiger partial charge is 0.446 e. The third kappa shape index (κ3) is 2.17. The van der Waals surface area contributed by atoms with Crippen LogP contribution in [0.15, 0.2) is 10.5 Å². The number of halogens is 3. The van der Waals surface area contributed by atoms with Crippen molar-refractivity contribution in [2.75, 3.05) is 0 Å². The molecule has 0 aliphatic rings. The second-order valence-electron chi connectivity index (χ2n) is 2.77. The Morgan fingerprint density at radius 1 is 1.40 bits per heavy atom. The van der Waals surface area contributed by atoms with E-state index in [1.54, 1.807) is 0 Å². The quantitative estimate of drug-likeness (QED) is 0.770. The van der Waals surface area contributed by atoms with Crippen LogP contribution in [0, 0.1) is 0 Å². The lowest BCUT2D eigenvalue weighted by atomic mass is 10.1. The number of ketones is 1. The number of carbonyl (C=O) groups excluding carboxylic acids is 2. The molecule has 0 saturated carbocycles. The molecule has 1 aromatic rings. The van der Waals surface area contributed by atoms with E-state index in [1.807, 2.05) is 0 Å². The second-order valence-corrected chi connectivity index (χ2v) is 2.77. The normalized spacial score (nSPS) is 11.5. The van der Waals surface area contributed by atoms with E-state index in [2.05, 4.69) is 4.42 Å². The first-order valence-corrected chi connectivity index (χ1v) is 3.75. The Balaban J connectivity index is 3.37. The second kappa shape index (κ2) is 3.41. The highest BCUT2D eigenvalue weighted by molar-refractivity contribution is 5.99. The first kappa shape index (κ1) is 11.3. The van der Waals surface area contributed by atoms with Crippen LogP contribution in [0.5, 0.6) is 0 Å². The van der Waals surface area contributed by atoms with Gasteiger partial charge in [-0.25, -0.2) is 0 Å². The molecule has 15 heavy (non-hydrogen) atoms. The lowest BCUT2D eigenvalue weighted by Crippen LogP contribution is -2.10. The minimum absolute atomic E-state index is 0.687. The van der Waals surface area contributed by atoms with Gasteiger partial charge in [0.15, 0.2) is 11.5 Å². The molecule has 0 saturated heterocycles. The molecular weight excluding hydrogens is 215 g/mol. The molecule has 0 atom stereocenters. The first-order valence-electron chi connectivity index (χ1n) is 3.75. The minimum atomic E-state index is -4.82. The van der Waals surface area contributed by atoms with E-state index >= 15 is 0 Å². The number of Topliss-reactive ketones (excluding diaryl/α,β-unsaturated/α-hetero) is 1. The van der Waals surface area contributed by atoms with Crippen LogP contribution in [-0.4, -0.2) is 11.7 Å². The fourth-order valence-electron chi connectivity index (χ4n) is 0.985. The Bertz CT molecular complexity index is 419. The molecule has 2 N–H and O–H groups in total. The maximum absolute atomic E-state index is 12.3. The molecule has 0 aliphatic heterocycles. The zero-order chi connectivity index (χ0) is 11.8. The van der Waals surface area contributed by atoms with E-state index in [0.29, 0.717) is 6.07 Å². The topological polar surface area (TPSA) is 73.3 Å². The summed E-state index contributed by atoms with van der Waals surface area (Å²) < 4.78 is 41.0. The van der Waals surface area contributed by atoms with Gasteiger partial charge in [0.2, 0.25) is 5.76 Å². The summed E-state index contributed by atoms with van der Waals surface area (Å²) in [7, 11) is 0. The number of hydrogen-bond donors (Lipinski definition) is 1. The zero-order valence-corrected chi connectivity index (χ0v) is 7.51. The van der Waals surface area contributed by atoms with Gasteiger partial charge in [-0.2, -0.15) is 13.2 Å². The molecule has 0 unspecified atom stereocenters.